The maximum absolute atomic E-state index is 13.9. The predicted octanol–water partition coefficient (Wildman–Crippen LogP) is 1.21. The highest BCUT2D eigenvalue weighted by Gasteiger charge is 3.04. The van der Waals surface area contributed by atoms with Crippen LogP contribution in [0.15, 0.2) is 24.3 Å². The fourth-order valence-electron chi connectivity index (χ4n) is 9.47. The maximum atomic E-state index is 13.9. The Morgan fingerprint density at radius 2 is 1.70 bits per heavy atom. The van der Waals surface area contributed by atoms with E-state index in [1.807, 2.05) is 20.8 Å². The Hall–Kier alpha value is -3.06. The molecule has 2 N–H and O–H groups in total. The van der Waals surface area contributed by atoms with Gasteiger partial charge in [-0.3, -0.25) is 9.59 Å². The standard InChI is InChI=1S/C30H34O12.CH4/c1-13-22(33)40-20-19(32)28-17-11-16(26(2,3)4)27(28)21(38-12-15-8-6-14(7-9-15)10-18(31)37-5)23(34)41-25(27)42-30(28,24(35)39-17)29(13,20)36;/h6-9,13,16-17,19-21,25,32,36H,10-12H2,1-5H3;1H4/t13-,16+,17?,19+,20?,21+,25+,27?,28?,29-,30-;/m1./s1. The van der Waals surface area contributed by atoms with Gasteiger partial charge in [0, 0.05) is 0 Å². The SMILES string of the molecule is C.COC(=O)Cc1ccc(CO[C@H]2C(=O)O[C@H]3O[C@]45C(=O)OC6C[C@@H](C(C)(C)C)C32C64[C@@H](O)C2OC(=O)[C@@H](C)[C@@]25O)cc1. The van der Waals surface area contributed by atoms with Gasteiger partial charge in [0.25, 0.3) is 0 Å². The van der Waals surface area contributed by atoms with Gasteiger partial charge in [-0.1, -0.05) is 52.5 Å². The largest absolute Gasteiger partial charge is 0.469 e. The fraction of sp³-hybridized carbons (Fsp3) is 0.677. The zero-order valence-electron chi connectivity index (χ0n) is 23.9. The number of benzene rings is 1. The molecule has 7 rings (SSSR count). The number of aliphatic hydroxyl groups excluding tert-OH is 1. The van der Waals surface area contributed by atoms with Crippen LogP contribution < -0.4 is 0 Å². The minimum Gasteiger partial charge on any atom is -0.469 e. The first-order chi connectivity index (χ1) is 19.7. The highest BCUT2D eigenvalue weighted by atomic mass is 16.8. The number of methoxy groups -OCH3 is 1. The third-order valence-corrected chi connectivity index (χ3v) is 11.0. The lowest BCUT2D eigenvalue weighted by Crippen LogP contribution is -2.67. The molecule has 234 valence electrons. The summed E-state index contributed by atoms with van der Waals surface area (Å²) in [5, 5.41) is 24.4. The Bertz CT molecular complexity index is 1400. The van der Waals surface area contributed by atoms with Gasteiger partial charge in [0.15, 0.2) is 17.8 Å². The molecule has 4 unspecified atom stereocenters. The summed E-state index contributed by atoms with van der Waals surface area (Å²) in [7, 11) is 1.32. The van der Waals surface area contributed by atoms with Gasteiger partial charge in [-0.2, -0.15) is 0 Å². The lowest BCUT2D eigenvalue weighted by Gasteiger charge is -2.48. The third-order valence-electron chi connectivity index (χ3n) is 11.0. The van der Waals surface area contributed by atoms with Crippen molar-refractivity contribution in [2.24, 2.45) is 28.1 Å². The highest BCUT2D eigenvalue weighted by molar-refractivity contribution is 5.94. The first-order valence-corrected chi connectivity index (χ1v) is 14.2. The number of fused-ring (bicyclic) bond motifs is 1. The Kier molecular flexibility index (Phi) is 6.27. The predicted molar refractivity (Wildman–Crippen MR) is 143 cm³/mol. The Morgan fingerprint density at radius 3 is 2.33 bits per heavy atom. The molecule has 6 aliphatic rings. The van der Waals surface area contributed by atoms with Crippen LogP contribution in [0.5, 0.6) is 0 Å². The van der Waals surface area contributed by atoms with Crippen molar-refractivity contribution in [3.8, 4) is 0 Å². The van der Waals surface area contributed by atoms with Crippen LogP contribution in [0.1, 0.15) is 52.7 Å². The summed E-state index contributed by atoms with van der Waals surface area (Å²) in [6.07, 6.45) is -6.39. The zero-order chi connectivity index (χ0) is 30.2. The summed E-state index contributed by atoms with van der Waals surface area (Å²) in [5.74, 6) is -4.47. The minimum atomic E-state index is -2.27. The monoisotopic (exact) mass is 602 g/mol. The lowest BCUT2D eigenvalue weighted by atomic mass is 9.51. The number of esters is 4. The van der Waals surface area contributed by atoms with E-state index in [1.54, 1.807) is 24.3 Å². The molecule has 1 aromatic carbocycles. The van der Waals surface area contributed by atoms with Crippen molar-refractivity contribution in [3.05, 3.63) is 35.4 Å². The number of hydrogen-bond donors (Lipinski definition) is 2. The number of carbonyl (C=O) groups is 4. The van der Waals surface area contributed by atoms with Gasteiger partial charge in [-0.15, -0.1) is 0 Å². The van der Waals surface area contributed by atoms with E-state index in [0.717, 1.165) is 5.56 Å². The number of hydrogen-bond acceptors (Lipinski definition) is 12. The summed E-state index contributed by atoms with van der Waals surface area (Å²) >= 11 is 0. The van der Waals surface area contributed by atoms with Crippen molar-refractivity contribution >= 4 is 23.9 Å². The molecule has 2 spiro atoms. The van der Waals surface area contributed by atoms with Crippen molar-refractivity contribution in [2.75, 3.05) is 7.11 Å². The Balaban J connectivity index is 0.00000329. The molecule has 12 nitrogen and oxygen atoms in total. The number of carbonyl (C=O) groups excluding carboxylic acids is 4. The molecular weight excluding hydrogens is 564 g/mol. The summed E-state index contributed by atoms with van der Waals surface area (Å²) in [4.78, 5) is 51.9. The van der Waals surface area contributed by atoms with E-state index in [4.69, 9.17) is 28.4 Å². The molecule has 4 aliphatic heterocycles. The second-order valence-corrected chi connectivity index (χ2v) is 13.5. The summed E-state index contributed by atoms with van der Waals surface area (Å²) in [5.41, 5.74) is -6.79. The molecule has 4 heterocycles. The van der Waals surface area contributed by atoms with Crippen molar-refractivity contribution in [3.63, 3.8) is 0 Å². The molecule has 2 saturated carbocycles. The second kappa shape index (κ2) is 8.99. The van der Waals surface area contributed by atoms with E-state index >= 15 is 0 Å². The number of ether oxygens (including phenoxy) is 6. The summed E-state index contributed by atoms with van der Waals surface area (Å²) < 4.78 is 34.8. The Morgan fingerprint density at radius 1 is 1.05 bits per heavy atom. The molecule has 6 fully saturated rings. The van der Waals surface area contributed by atoms with Crippen LogP contribution in [-0.4, -0.2) is 83.1 Å². The van der Waals surface area contributed by atoms with E-state index in [1.165, 1.54) is 14.0 Å². The van der Waals surface area contributed by atoms with E-state index in [9.17, 15) is 29.4 Å². The van der Waals surface area contributed by atoms with Crippen molar-refractivity contribution in [1.29, 1.82) is 0 Å². The van der Waals surface area contributed by atoms with Crippen molar-refractivity contribution < 1.29 is 57.8 Å². The van der Waals surface area contributed by atoms with Crippen molar-refractivity contribution in [2.45, 2.75) is 96.5 Å². The van der Waals surface area contributed by atoms with E-state index in [2.05, 4.69) is 0 Å². The fourth-order valence-corrected chi connectivity index (χ4v) is 9.47. The highest BCUT2D eigenvalue weighted by Crippen LogP contribution is 2.84. The van der Waals surface area contributed by atoms with Gasteiger partial charge in [0.1, 0.15) is 12.2 Å². The molecule has 4 saturated heterocycles. The molecule has 0 bridgehead atoms. The zero-order valence-corrected chi connectivity index (χ0v) is 23.9. The average Bonchev–Trinajstić information content (AvgIpc) is 3.65. The minimum absolute atomic E-state index is 0. The van der Waals surface area contributed by atoms with E-state index in [0.29, 0.717) is 5.56 Å². The van der Waals surface area contributed by atoms with Crippen LogP contribution >= 0.6 is 0 Å². The molecule has 43 heavy (non-hydrogen) atoms. The normalized spacial score (nSPS) is 45.0. The molecule has 0 aromatic heterocycles. The molecule has 0 amide bonds. The lowest BCUT2D eigenvalue weighted by molar-refractivity contribution is -0.240. The number of rotatable bonds is 5. The third kappa shape index (κ3) is 3.05. The average molecular weight is 603 g/mol. The molecular formula is C31H38O12. The van der Waals surface area contributed by atoms with Crippen molar-refractivity contribution in [1.82, 2.24) is 0 Å². The van der Waals surface area contributed by atoms with E-state index in [-0.39, 0.29) is 32.8 Å². The van der Waals surface area contributed by atoms with Crippen LogP contribution in [-0.2, 0) is 60.6 Å². The number of aliphatic hydroxyl groups is 2. The van der Waals surface area contributed by atoms with Gasteiger partial charge in [-0.25, -0.2) is 9.59 Å². The maximum Gasteiger partial charge on any atom is 0.343 e. The van der Waals surface area contributed by atoms with Gasteiger partial charge in [-0.05, 0) is 35.8 Å². The van der Waals surface area contributed by atoms with Crippen LogP contribution in [0.2, 0.25) is 0 Å². The molecule has 11 atom stereocenters. The molecule has 12 heteroatoms. The van der Waals surface area contributed by atoms with Crippen LogP contribution in [0.25, 0.3) is 0 Å². The van der Waals surface area contributed by atoms with Gasteiger partial charge in [0.05, 0.1) is 36.9 Å². The first-order valence-electron chi connectivity index (χ1n) is 14.2. The molecule has 2 aliphatic carbocycles. The van der Waals surface area contributed by atoms with Gasteiger partial charge < -0.3 is 38.6 Å². The van der Waals surface area contributed by atoms with Gasteiger partial charge >= 0.3 is 23.9 Å². The van der Waals surface area contributed by atoms with Gasteiger partial charge in [0.2, 0.25) is 11.9 Å². The summed E-state index contributed by atoms with van der Waals surface area (Å²) in [6, 6.07) is 7.04. The molecule has 0 radical (unpaired) electrons. The molecule has 1 aromatic rings. The second-order valence-electron chi connectivity index (χ2n) is 13.5. The first kappa shape index (κ1) is 30.0. The van der Waals surface area contributed by atoms with Crippen LogP contribution in [0.3, 0.4) is 0 Å². The quantitative estimate of drug-likeness (QED) is 0.366. The Labute approximate surface area is 248 Å². The topological polar surface area (TPSA) is 164 Å². The van der Waals surface area contributed by atoms with E-state index < -0.39 is 87.9 Å². The van der Waals surface area contributed by atoms with Crippen LogP contribution in [0.4, 0.5) is 0 Å². The smallest absolute Gasteiger partial charge is 0.343 e. The van der Waals surface area contributed by atoms with Crippen LogP contribution in [0, 0.1) is 28.1 Å². The summed E-state index contributed by atoms with van der Waals surface area (Å²) in [6.45, 7) is 7.31.